The lowest BCUT2D eigenvalue weighted by Gasteiger charge is -2.13. The standard InChI is InChI=1S/C21H19ClFN3O/c1-14-4-7-16(22)13-19(14)26-20-18(3-2-11-24-20)21(27)25-12-10-15-5-8-17(23)9-6-15/h2-9,11,13H,10,12H2,1H3,(H,24,26)(H,25,27). The van der Waals surface area contributed by atoms with Crippen molar-refractivity contribution in [1.82, 2.24) is 10.3 Å². The molecule has 0 unspecified atom stereocenters. The first kappa shape index (κ1) is 18.9. The Hall–Kier alpha value is -2.92. The number of nitrogens with one attached hydrogen (secondary N) is 2. The van der Waals surface area contributed by atoms with Crippen molar-refractivity contribution in [2.45, 2.75) is 13.3 Å². The number of halogens is 2. The Morgan fingerprint density at radius 2 is 1.93 bits per heavy atom. The van der Waals surface area contributed by atoms with Gasteiger partial charge in [-0.15, -0.1) is 0 Å². The summed E-state index contributed by atoms with van der Waals surface area (Å²) in [5.41, 5.74) is 3.18. The highest BCUT2D eigenvalue weighted by Gasteiger charge is 2.13. The number of nitrogens with zero attached hydrogens (tertiary/aromatic N) is 1. The van der Waals surface area contributed by atoms with E-state index in [0.29, 0.717) is 29.4 Å². The number of anilines is 2. The Labute approximate surface area is 162 Å². The van der Waals surface area contributed by atoms with Gasteiger partial charge < -0.3 is 10.6 Å². The first-order chi connectivity index (χ1) is 13.0. The average molecular weight is 384 g/mol. The quantitative estimate of drug-likeness (QED) is 0.636. The molecule has 4 nitrogen and oxygen atoms in total. The van der Waals surface area contributed by atoms with Crippen LogP contribution >= 0.6 is 11.6 Å². The second-order valence-electron chi connectivity index (χ2n) is 6.12. The fraction of sp³-hybridized carbons (Fsp3) is 0.143. The minimum atomic E-state index is -0.273. The summed E-state index contributed by atoms with van der Waals surface area (Å²) in [6.45, 7) is 2.39. The van der Waals surface area contributed by atoms with Crippen LogP contribution in [0.3, 0.4) is 0 Å². The van der Waals surface area contributed by atoms with Gasteiger partial charge in [-0.2, -0.15) is 0 Å². The summed E-state index contributed by atoms with van der Waals surface area (Å²) in [7, 11) is 0. The lowest BCUT2D eigenvalue weighted by molar-refractivity contribution is 0.0954. The van der Waals surface area contributed by atoms with Crippen molar-refractivity contribution in [3.05, 3.63) is 88.3 Å². The molecule has 0 aliphatic rings. The molecule has 0 saturated carbocycles. The molecule has 0 radical (unpaired) electrons. The second-order valence-corrected chi connectivity index (χ2v) is 6.55. The number of hydrogen-bond acceptors (Lipinski definition) is 3. The number of rotatable bonds is 6. The van der Waals surface area contributed by atoms with Crippen LogP contribution in [0.25, 0.3) is 0 Å². The molecule has 0 bridgehead atoms. The van der Waals surface area contributed by atoms with Gasteiger partial charge >= 0.3 is 0 Å². The molecule has 1 heterocycles. The SMILES string of the molecule is Cc1ccc(Cl)cc1Nc1ncccc1C(=O)NCCc1ccc(F)cc1. The van der Waals surface area contributed by atoms with Crippen LogP contribution in [0.4, 0.5) is 15.9 Å². The molecule has 2 N–H and O–H groups in total. The normalized spacial score (nSPS) is 10.5. The van der Waals surface area contributed by atoms with Crippen LogP contribution in [0.15, 0.2) is 60.8 Å². The monoisotopic (exact) mass is 383 g/mol. The third kappa shape index (κ3) is 5.05. The lowest BCUT2D eigenvalue weighted by atomic mass is 10.1. The Balaban J connectivity index is 1.68. The smallest absolute Gasteiger partial charge is 0.255 e. The highest BCUT2D eigenvalue weighted by Crippen LogP contribution is 2.25. The Morgan fingerprint density at radius 3 is 2.70 bits per heavy atom. The minimum Gasteiger partial charge on any atom is -0.352 e. The summed E-state index contributed by atoms with van der Waals surface area (Å²) in [6.07, 6.45) is 2.24. The molecular weight excluding hydrogens is 365 g/mol. The van der Waals surface area contributed by atoms with Crippen LogP contribution in [0.2, 0.25) is 5.02 Å². The molecule has 6 heteroatoms. The number of carbonyl (C=O) groups excluding carboxylic acids is 1. The van der Waals surface area contributed by atoms with E-state index in [2.05, 4.69) is 15.6 Å². The van der Waals surface area contributed by atoms with E-state index in [1.807, 2.05) is 19.1 Å². The van der Waals surface area contributed by atoms with Gasteiger partial charge in [-0.25, -0.2) is 9.37 Å². The molecule has 0 aliphatic carbocycles. The summed E-state index contributed by atoms with van der Waals surface area (Å²) in [4.78, 5) is 16.9. The number of carbonyl (C=O) groups is 1. The topological polar surface area (TPSA) is 54.0 Å². The third-order valence-electron chi connectivity index (χ3n) is 4.12. The average Bonchev–Trinajstić information content (AvgIpc) is 2.66. The van der Waals surface area contributed by atoms with E-state index in [1.165, 1.54) is 12.1 Å². The van der Waals surface area contributed by atoms with Crippen LogP contribution in [-0.4, -0.2) is 17.4 Å². The van der Waals surface area contributed by atoms with E-state index >= 15 is 0 Å². The molecule has 0 aliphatic heterocycles. The molecule has 27 heavy (non-hydrogen) atoms. The molecule has 0 saturated heterocycles. The Kier molecular flexibility index (Phi) is 6.04. The minimum absolute atomic E-state index is 0.229. The van der Waals surface area contributed by atoms with Crippen LogP contribution in [0.1, 0.15) is 21.5 Å². The van der Waals surface area contributed by atoms with Crippen LogP contribution < -0.4 is 10.6 Å². The summed E-state index contributed by atoms with van der Waals surface area (Å²) in [5, 5.41) is 6.66. The summed E-state index contributed by atoms with van der Waals surface area (Å²) < 4.78 is 12.9. The van der Waals surface area contributed by atoms with Gasteiger partial charge in [-0.1, -0.05) is 29.8 Å². The zero-order valence-electron chi connectivity index (χ0n) is 14.8. The van der Waals surface area contributed by atoms with Gasteiger partial charge in [0.15, 0.2) is 0 Å². The molecule has 0 spiro atoms. The number of aryl methyl sites for hydroxylation is 1. The predicted molar refractivity (Wildman–Crippen MR) is 106 cm³/mol. The van der Waals surface area contributed by atoms with E-state index < -0.39 is 0 Å². The molecule has 3 aromatic rings. The maximum Gasteiger partial charge on any atom is 0.255 e. The largest absolute Gasteiger partial charge is 0.352 e. The van der Waals surface area contributed by atoms with Crippen molar-refractivity contribution < 1.29 is 9.18 Å². The van der Waals surface area contributed by atoms with Gasteiger partial charge in [-0.3, -0.25) is 4.79 Å². The number of hydrogen-bond donors (Lipinski definition) is 2. The van der Waals surface area contributed by atoms with Gasteiger partial charge in [0, 0.05) is 23.5 Å². The van der Waals surface area contributed by atoms with Crippen molar-refractivity contribution >= 4 is 29.0 Å². The van der Waals surface area contributed by atoms with Crippen molar-refractivity contribution in [3.8, 4) is 0 Å². The van der Waals surface area contributed by atoms with E-state index in [0.717, 1.165) is 16.8 Å². The van der Waals surface area contributed by atoms with Crippen molar-refractivity contribution in [1.29, 1.82) is 0 Å². The van der Waals surface area contributed by atoms with Gasteiger partial charge in [0.25, 0.3) is 5.91 Å². The van der Waals surface area contributed by atoms with Crippen molar-refractivity contribution in [2.24, 2.45) is 0 Å². The Bertz CT molecular complexity index is 944. The summed E-state index contributed by atoms with van der Waals surface area (Å²) in [5.74, 6) is -0.0419. The number of aromatic nitrogens is 1. The van der Waals surface area contributed by atoms with E-state index in [-0.39, 0.29) is 11.7 Å². The zero-order valence-corrected chi connectivity index (χ0v) is 15.6. The fourth-order valence-electron chi connectivity index (χ4n) is 2.61. The second kappa shape index (κ2) is 8.64. The molecule has 0 fully saturated rings. The third-order valence-corrected chi connectivity index (χ3v) is 4.35. The molecule has 3 rings (SSSR count). The van der Waals surface area contributed by atoms with Gasteiger partial charge in [-0.05, 0) is 60.9 Å². The first-order valence-corrected chi connectivity index (χ1v) is 8.91. The highest BCUT2D eigenvalue weighted by molar-refractivity contribution is 6.30. The van der Waals surface area contributed by atoms with Crippen LogP contribution in [0, 0.1) is 12.7 Å². The van der Waals surface area contributed by atoms with Gasteiger partial charge in [0.05, 0.1) is 5.56 Å². The van der Waals surface area contributed by atoms with Gasteiger partial charge in [0.1, 0.15) is 11.6 Å². The van der Waals surface area contributed by atoms with E-state index in [9.17, 15) is 9.18 Å². The van der Waals surface area contributed by atoms with Crippen LogP contribution in [-0.2, 0) is 6.42 Å². The fourth-order valence-corrected chi connectivity index (χ4v) is 2.78. The van der Waals surface area contributed by atoms with Crippen LogP contribution in [0.5, 0.6) is 0 Å². The molecule has 2 aromatic carbocycles. The molecule has 0 atom stereocenters. The zero-order chi connectivity index (χ0) is 19.2. The summed E-state index contributed by atoms with van der Waals surface area (Å²) in [6, 6.07) is 15.2. The van der Waals surface area contributed by atoms with E-state index in [1.54, 1.807) is 36.5 Å². The number of amides is 1. The van der Waals surface area contributed by atoms with E-state index in [4.69, 9.17) is 11.6 Å². The number of benzene rings is 2. The van der Waals surface area contributed by atoms with Crippen molar-refractivity contribution in [2.75, 3.05) is 11.9 Å². The lowest BCUT2D eigenvalue weighted by Crippen LogP contribution is -2.26. The maximum absolute atomic E-state index is 12.9. The summed E-state index contributed by atoms with van der Waals surface area (Å²) >= 11 is 6.06. The highest BCUT2D eigenvalue weighted by atomic mass is 35.5. The molecule has 138 valence electrons. The number of pyridine rings is 1. The van der Waals surface area contributed by atoms with Gasteiger partial charge in [0.2, 0.25) is 0 Å². The Morgan fingerprint density at radius 1 is 1.15 bits per heavy atom. The molecule has 1 aromatic heterocycles. The van der Waals surface area contributed by atoms with Crippen molar-refractivity contribution in [3.63, 3.8) is 0 Å². The molecular formula is C21H19ClFN3O. The predicted octanol–water partition coefficient (Wildman–Crippen LogP) is 4.90. The first-order valence-electron chi connectivity index (χ1n) is 8.54. The molecule has 1 amide bonds. The maximum atomic E-state index is 12.9.